The van der Waals surface area contributed by atoms with Gasteiger partial charge >= 0.3 is 5.69 Å². The van der Waals surface area contributed by atoms with E-state index in [1.54, 1.807) is 13.1 Å². The number of aromatic nitrogens is 3. The highest BCUT2D eigenvalue weighted by molar-refractivity contribution is 5.56. The van der Waals surface area contributed by atoms with Gasteiger partial charge in [0.1, 0.15) is 0 Å². The van der Waals surface area contributed by atoms with Gasteiger partial charge in [0.15, 0.2) is 0 Å². The van der Waals surface area contributed by atoms with Crippen molar-refractivity contribution in [2.45, 2.75) is 33.2 Å². The lowest BCUT2D eigenvalue weighted by Crippen LogP contribution is -2.06. The van der Waals surface area contributed by atoms with Gasteiger partial charge in [0.25, 0.3) is 0 Å². The molecule has 1 N–H and O–H groups in total. The molecule has 0 unspecified atom stereocenters. The van der Waals surface area contributed by atoms with Crippen LogP contribution in [0.4, 0.5) is 11.5 Å². The molecule has 0 saturated carbocycles. The Morgan fingerprint density at radius 2 is 2.00 bits per heavy atom. The third-order valence-corrected chi connectivity index (χ3v) is 4.04. The molecule has 26 heavy (non-hydrogen) atoms. The quantitative estimate of drug-likeness (QED) is 0.531. The fourth-order valence-corrected chi connectivity index (χ4v) is 2.77. The van der Waals surface area contributed by atoms with Crippen LogP contribution in [0.3, 0.4) is 0 Å². The number of hydrogen-bond acceptors (Lipinski definition) is 5. The molecular weight excluding hydrogens is 330 g/mol. The summed E-state index contributed by atoms with van der Waals surface area (Å²) in [5, 5.41) is 19.0. The first-order valence-corrected chi connectivity index (χ1v) is 8.44. The Bertz CT molecular complexity index is 919. The van der Waals surface area contributed by atoms with E-state index in [2.05, 4.69) is 29.2 Å². The molecule has 0 aliphatic carbocycles. The molecule has 0 spiro atoms. The second-order valence-electron chi connectivity index (χ2n) is 6.47. The molecule has 0 saturated heterocycles. The van der Waals surface area contributed by atoms with E-state index in [9.17, 15) is 10.1 Å². The van der Waals surface area contributed by atoms with Crippen LogP contribution in [0.2, 0.25) is 0 Å². The number of nitro groups is 1. The molecule has 3 rings (SSSR count). The zero-order chi connectivity index (χ0) is 18.7. The maximum atomic E-state index is 11.3. The van der Waals surface area contributed by atoms with Crippen LogP contribution in [0.1, 0.15) is 36.6 Å². The number of aryl methyl sites for hydroxylation is 1. The van der Waals surface area contributed by atoms with Gasteiger partial charge in [-0.05, 0) is 30.5 Å². The fourth-order valence-electron chi connectivity index (χ4n) is 2.77. The van der Waals surface area contributed by atoms with Gasteiger partial charge in [-0.1, -0.05) is 32.0 Å². The third-order valence-electron chi connectivity index (χ3n) is 4.04. The number of hydrogen-bond donors (Lipinski definition) is 1. The molecule has 0 amide bonds. The van der Waals surface area contributed by atoms with E-state index in [4.69, 9.17) is 0 Å². The van der Waals surface area contributed by atoms with Crippen LogP contribution in [-0.4, -0.2) is 19.7 Å². The van der Waals surface area contributed by atoms with Crippen LogP contribution in [0.5, 0.6) is 0 Å². The minimum absolute atomic E-state index is 0.0217. The van der Waals surface area contributed by atoms with Crippen LogP contribution < -0.4 is 5.32 Å². The van der Waals surface area contributed by atoms with Gasteiger partial charge in [-0.15, -0.1) is 0 Å². The molecule has 134 valence electrons. The molecule has 0 aliphatic heterocycles. The molecule has 0 bridgehead atoms. The summed E-state index contributed by atoms with van der Waals surface area (Å²) in [7, 11) is 0. The Balaban J connectivity index is 1.89. The number of anilines is 1. The smallest absolute Gasteiger partial charge is 0.311 e. The van der Waals surface area contributed by atoms with Crippen molar-refractivity contribution in [2.75, 3.05) is 5.32 Å². The number of benzene rings is 1. The Labute approximate surface area is 151 Å². The normalized spacial score (nSPS) is 10.9. The molecule has 7 nitrogen and oxygen atoms in total. The minimum Gasteiger partial charge on any atom is -0.360 e. The first-order valence-electron chi connectivity index (χ1n) is 8.44. The van der Waals surface area contributed by atoms with E-state index in [0.717, 1.165) is 22.5 Å². The summed E-state index contributed by atoms with van der Waals surface area (Å²) >= 11 is 0. The highest BCUT2D eigenvalue weighted by Crippen LogP contribution is 2.25. The summed E-state index contributed by atoms with van der Waals surface area (Å²) in [5.74, 6) is 0.500. The van der Waals surface area contributed by atoms with Gasteiger partial charge in [-0.3, -0.25) is 10.1 Å². The van der Waals surface area contributed by atoms with Crippen LogP contribution in [0.25, 0.3) is 5.69 Å². The van der Waals surface area contributed by atoms with Crippen LogP contribution in [-0.2, 0) is 6.54 Å². The lowest BCUT2D eigenvalue weighted by molar-refractivity contribution is -0.384. The summed E-state index contributed by atoms with van der Waals surface area (Å²) in [6, 6.07) is 11.4. The molecule has 0 radical (unpaired) electrons. The lowest BCUT2D eigenvalue weighted by Gasteiger charge is -2.08. The minimum atomic E-state index is -0.418. The van der Waals surface area contributed by atoms with E-state index < -0.39 is 4.92 Å². The molecule has 3 aromatic rings. The topological polar surface area (TPSA) is 85.9 Å². The number of nitrogens with one attached hydrogen (secondary N) is 1. The van der Waals surface area contributed by atoms with Crippen LogP contribution >= 0.6 is 0 Å². The molecular formula is C19H21N5O2. The average Bonchev–Trinajstić information content (AvgIpc) is 3.06. The summed E-state index contributed by atoms with van der Waals surface area (Å²) in [6.45, 7) is 6.35. The number of rotatable bonds is 6. The third kappa shape index (κ3) is 3.72. The zero-order valence-corrected chi connectivity index (χ0v) is 15.0. The van der Waals surface area contributed by atoms with E-state index in [1.807, 2.05) is 41.2 Å². The van der Waals surface area contributed by atoms with E-state index in [0.29, 0.717) is 6.54 Å². The van der Waals surface area contributed by atoms with E-state index in [-0.39, 0.29) is 17.4 Å². The van der Waals surface area contributed by atoms with Crippen molar-refractivity contribution in [2.24, 2.45) is 0 Å². The maximum Gasteiger partial charge on any atom is 0.311 e. The SMILES string of the molecule is Cc1cnc(NCc2cn(-c3ccccc3)nc2C(C)C)c([N+](=O)[O-])c1. The van der Waals surface area contributed by atoms with Crippen molar-refractivity contribution >= 4 is 11.5 Å². The molecule has 2 heterocycles. The van der Waals surface area contributed by atoms with Crippen molar-refractivity contribution in [3.05, 3.63) is 75.7 Å². The average molecular weight is 351 g/mol. The number of nitrogens with zero attached hydrogens (tertiary/aromatic N) is 4. The fraction of sp³-hybridized carbons (Fsp3) is 0.263. The Morgan fingerprint density at radius 1 is 1.27 bits per heavy atom. The molecule has 7 heteroatoms. The van der Waals surface area contributed by atoms with Crippen molar-refractivity contribution in [1.29, 1.82) is 0 Å². The first kappa shape index (κ1) is 17.6. The van der Waals surface area contributed by atoms with Gasteiger partial charge in [0.2, 0.25) is 5.82 Å². The van der Waals surface area contributed by atoms with Crippen LogP contribution in [0.15, 0.2) is 48.8 Å². The Hall–Kier alpha value is -3.22. The summed E-state index contributed by atoms with van der Waals surface area (Å²) in [6.07, 6.45) is 3.57. The summed E-state index contributed by atoms with van der Waals surface area (Å²) in [5.41, 5.74) is 3.64. The molecule has 1 aromatic carbocycles. The van der Waals surface area contributed by atoms with Gasteiger partial charge in [0.05, 0.1) is 16.3 Å². The predicted octanol–water partition coefficient (Wildman–Crippen LogP) is 4.22. The molecule has 0 aliphatic rings. The van der Waals surface area contributed by atoms with Crippen LogP contribution in [0, 0.1) is 17.0 Å². The zero-order valence-electron chi connectivity index (χ0n) is 15.0. The Kier molecular flexibility index (Phi) is 4.97. The predicted molar refractivity (Wildman–Crippen MR) is 101 cm³/mol. The van der Waals surface area contributed by atoms with E-state index in [1.165, 1.54) is 6.07 Å². The van der Waals surface area contributed by atoms with Gasteiger partial charge in [-0.2, -0.15) is 5.10 Å². The summed E-state index contributed by atoms with van der Waals surface area (Å²) < 4.78 is 1.84. The lowest BCUT2D eigenvalue weighted by atomic mass is 10.1. The van der Waals surface area contributed by atoms with Crippen molar-refractivity contribution in [3.63, 3.8) is 0 Å². The standard InChI is InChI=1S/C19H21N5O2/c1-13(2)18-15(12-23(22-18)16-7-5-4-6-8-16)11-21-19-17(24(25)26)9-14(3)10-20-19/h4-10,12-13H,11H2,1-3H3,(H,20,21). The first-order chi connectivity index (χ1) is 12.5. The van der Waals surface area contributed by atoms with E-state index >= 15 is 0 Å². The number of para-hydroxylation sites is 1. The summed E-state index contributed by atoms with van der Waals surface area (Å²) in [4.78, 5) is 15.0. The monoisotopic (exact) mass is 351 g/mol. The highest BCUT2D eigenvalue weighted by atomic mass is 16.6. The Morgan fingerprint density at radius 3 is 2.65 bits per heavy atom. The van der Waals surface area contributed by atoms with Gasteiger partial charge in [-0.25, -0.2) is 9.67 Å². The highest BCUT2D eigenvalue weighted by Gasteiger charge is 2.18. The number of pyridine rings is 1. The van der Waals surface area contributed by atoms with Gasteiger partial charge in [0, 0.05) is 30.6 Å². The maximum absolute atomic E-state index is 11.3. The largest absolute Gasteiger partial charge is 0.360 e. The second-order valence-corrected chi connectivity index (χ2v) is 6.47. The molecule has 0 fully saturated rings. The molecule has 0 atom stereocenters. The molecule has 2 aromatic heterocycles. The van der Waals surface area contributed by atoms with Crippen molar-refractivity contribution in [1.82, 2.24) is 14.8 Å². The van der Waals surface area contributed by atoms with Crippen molar-refractivity contribution in [3.8, 4) is 5.69 Å². The van der Waals surface area contributed by atoms with Gasteiger partial charge < -0.3 is 5.32 Å². The second kappa shape index (κ2) is 7.35. The van der Waals surface area contributed by atoms with Crippen molar-refractivity contribution < 1.29 is 4.92 Å².